The van der Waals surface area contributed by atoms with E-state index < -0.39 is 0 Å². The van der Waals surface area contributed by atoms with Crippen molar-refractivity contribution in [3.05, 3.63) is 29.3 Å². The van der Waals surface area contributed by atoms with Gasteiger partial charge in [-0.05, 0) is 31.2 Å². The van der Waals surface area contributed by atoms with Crippen LogP contribution >= 0.6 is 0 Å². The Morgan fingerprint density at radius 3 is 2.72 bits per heavy atom. The monoisotopic (exact) mass is 243 g/mol. The van der Waals surface area contributed by atoms with E-state index in [2.05, 4.69) is 40.3 Å². The van der Waals surface area contributed by atoms with Crippen molar-refractivity contribution in [2.24, 2.45) is 0 Å². The molecule has 0 unspecified atom stereocenters. The predicted octanol–water partition coefficient (Wildman–Crippen LogP) is 3.06. The smallest absolute Gasteiger partial charge is 0.314 e. The fourth-order valence-electron chi connectivity index (χ4n) is 2.41. The van der Waals surface area contributed by atoms with Gasteiger partial charge in [0.15, 0.2) is 5.82 Å². The van der Waals surface area contributed by atoms with Gasteiger partial charge in [-0.15, -0.1) is 5.10 Å². The van der Waals surface area contributed by atoms with Gasteiger partial charge in [0.2, 0.25) is 0 Å². The molecule has 3 rings (SSSR count). The first kappa shape index (κ1) is 11.3. The van der Waals surface area contributed by atoms with Gasteiger partial charge in [-0.2, -0.15) is 0 Å². The SMILES string of the molecule is COc1nnc(-c2ccc(C)cc2C2CCC2)[nH]1. The molecule has 0 atom stereocenters. The number of methoxy groups -OCH3 is 1. The summed E-state index contributed by atoms with van der Waals surface area (Å²) >= 11 is 0. The van der Waals surface area contributed by atoms with Crippen molar-refractivity contribution in [3.8, 4) is 17.4 Å². The number of aryl methyl sites for hydroxylation is 1. The van der Waals surface area contributed by atoms with Crippen LogP contribution in [0.5, 0.6) is 6.01 Å². The molecule has 4 heteroatoms. The van der Waals surface area contributed by atoms with Crippen LogP contribution in [-0.4, -0.2) is 22.3 Å². The van der Waals surface area contributed by atoms with E-state index in [1.165, 1.54) is 30.4 Å². The van der Waals surface area contributed by atoms with Gasteiger partial charge in [-0.1, -0.05) is 35.3 Å². The van der Waals surface area contributed by atoms with E-state index in [1.54, 1.807) is 7.11 Å². The summed E-state index contributed by atoms with van der Waals surface area (Å²) in [6.07, 6.45) is 3.89. The third-order valence-electron chi connectivity index (χ3n) is 3.67. The summed E-state index contributed by atoms with van der Waals surface area (Å²) in [5, 5.41) is 8.11. The molecule has 0 amide bonds. The first-order valence-electron chi connectivity index (χ1n) is 6.35. The van der Waals surface area contributed by atoms with E-state index in [-0.39, 0.29) is 0 Å². The number of aromatic amines is 1. The Bertz CT molecular complexity index is 558. The number of nitrogens with one attached hydrogen (secondary N) is 1. The largest absolute Gasteiger partial charge is 0.467 e. The summed E-state index contributed by atoms with van der Waals surface area (Å²) in [5.41, 5.74) is 3.84. The molecule has 0 bridgehead atoms. The van der Waals surface area contributed by atoms with E-state index in [1.807, 2.05) is 0 Å². The molecule has 2 aromatic rings. The van der Waals surface area contributed by atoms with Crippen molar-refractivity contribution in [2.45, 2.75) is 32.1 Å². The van der Waals surface area contributed by atoms with Crippen molar-refractivity contribution in [1.82, 2.24) is 15.2 Å². The van der Waals surface area contributed by atoms with E-state index >= 15 is 0 Å². The molecule has 0 saturated heterocycles. The summed E-state index contributed by atoms with van der Waals surface area (Å²) in [6.45, 7) is 2.13. The van der Waals surface area contributed by atoms with E-state index in [0.717, 1.165) is 11.4 Å². The van der Waals surface area contributed by atoms with E-state index in [4.69, 9.17) is 4.74 Å². The van der Waals surface area contributed by atoms with Gasteiger partial charge in [-0.3, -0.25) is 4.98 Å². The normalized spacial score (nSPS) is 15.4. The molecular formula is C14H17N3O. The summed E-state index contributed by atoms with van der Waals surface area (Å²) in [5.74, 6) is 1.48. The van der Waals surface area contributed by atoms with Crippen LogP contribution in [0.4, 0.5) is 0 Å². The van der Waals surface area contributed by atoms with Crippen molar-refractivity contribution in [3.63, 3.8) is 0 Å². The van der Waals surface area contributed by atoms with Gasteiger partial charge >= 0.3 is 6.01 Å². The zero-order chi connectivity index (χ0) is 12.5. The molecule has 1 aromatic carbocycles. The Morgan fingerprint density at radius 1 is 1.28 bits per heavy atom. The minimum absolute atomic E-state index is 0.463. The van der Waals surface area contributed by atoms with Crippen molar-refractivity contribution >= 4 is 0 Å². The van der Waals surface area contributed by atoms with Crippen LogP contribution in [0.2, 0.25) is 0 Å². The Labute approximate surface area is 106 Å². The van der Waals surface area contributed by atoms with Crippen LogP contribution < -0.4 is 4.74 Å². The van der Waals surface area contributed by atoms with Crippen LogP contribution in [0.15, 0.2) is 18.2 Å². The molecule has 1 heterocycles. The maximum absolute atomic E-state index is 5.05. The minimum atomic E-state index is 0.463. The molecule has 0 spiro atoms. The highest BCUT2D eigenvalue weighted by Gasteiger charge is 2.23. The molecule has 1 aliphatic rings. The van der Waals surface area contributed by atoms with Gasteiger partial charge in [0, 0.05) is 5.56 Å². The van der Waals surface area contributed by atoms with Crippen molar-refractivity contribution in [2.75, 3.05) is 7.11 Å². The number of rotatable bonds is 3. The Kier molecular flexibility index (Phi) is 2.78. The zero-order valence-corrected chi connectivity index (χ0v) is 10.7. The third-order valence-corrected chi connectivity index (χ3v) is 3.67. The van der Waals surface area contributed by atoms with E-state index in [9.17, 15) is 0 Å². The van der Waals surface area contributed by atoms with E-state index in [0.29, 0.717) is 11.9 Å². The first-order chi connectivity index (χ1) is 8.78. The molecule has 1 fully saturated rings. The summed E-state index contributed by atoms with van der Waals surface area (Å²) in [6, 6.07) is 6.98. The number of H-pyrrole nitrogens is 1. The molecule has 1 aromatic heterocycles. The molecule has 0 radical (unpaired) electrons. The Morgan fingerprint density at radius 2 is 2.11 bits per heavy atom. The minimum Gasteiger partial charge on any atom is -0.467 e. The Hall–Kier alpha value is -1.84. The number of ether oxygens (including phenoxy) is 1. The summed E-state index contributed by atoms with van der Waals surface area (Å²) < 4.78 is 5.05. The summed E-state index contributed by atoms with van der Waals surface area (Å²) in [4.78, 5) is 3.10. The zero-order valence-electron chi connectivity index (χ0n) is 10.7. The highest BCUT2D eigenvalue weighted by Crippen LogP contribution is 2.40. The van der Waals surface area contributed by atoms with Crippen LogP contribution in [0, 0.1) is 6.92 Å². The second-order valence-electron chi connectivity index (χ2n) is 4.90. The molecular weight excluding hydrogens is 226 g/mol. The Balaban J connectivity index is 2.04. The number of hydrogen-bond acceptors (Lipinski definition) is 3. The molecule has 1 N–H and O–H groups in total. The number of aromatic nitrogens is 3. The van der Waals surface area contributed by atoms with Gasteiger partial charge in [0.1, 0.15) is 0 Å². The molecule has 4 nitrogen and oxygen atoms in total. The second-order valence-corrected chi connectivity index (χ2v) is 4.90. The van der Waals surface area contributed by atoms with Crippen molar-refractivity contribution in [1.29, 1.82) is 0 Å². The second kappa shape index (κ2) is 4.44. The molecule has 1 aliphatic carbocycles. The molecule has 1 saturated carbocycles. The standard InChI is InChI=1S/C14H17N3O/c1-9-6-7-11(12(8-9)10-4-3-5-10)13-15-14(18-2)17-16-13/h6-8,10H,3-5H2,1-2H3,(H,15,16,17). The number of benzene rings is 1. The fraction of sp³-hybridized carbons (Fsp3) is 0.429. The summed E-state index contributed by atoms with van der Waals surface area (Å²) in [7, 11) is 1.59. The maximum Gasteiger partial charge on any atom is 0.314 e. The van der Waals surface area contributed by atoms with Gasteiger partial charge in [0.05, 0.1) is 7.11 Å². The average Bonchev–Trinajstić information content (AvgIpc) is 2.75. The average molecular weight is 243 g/mol. The molecule has 18 heavy (non-hydrogen) atoms. The number of nitrogens with zero attached hydrogens (tertiary/aromatic N) is 2. The lowest BCUT2D eigenvalue weighted by Gasteiger charge is -2.27. The van der Waals surface area contributed by atoms with Crippen molar-refractivity contribution < 1.29 is 4.74 Å². The number of hydrogen-bond donors (Lipinski definition) is 1. The van der Waals surface area contributed by atoms with Crippen LogP contribution in [0.1, 0.15) is 36.3 Å². The lowest BCUT2D eigenvalue weighted by Crippen LogP contribution is -2.10. The maximum atomic E-state index is 5.05. The van der Waals surface area contributed by atoms with Crippen LogP contribution in [0.25, 0.3) is 11.4 Å². The third kappa shape index (κ3) is 1.88. The quantitative estimate of drug-likeness (QED) is 0.901. The molecule has 94 valence electrons. The fourth-order valence-corrected chi connectivity index (χ4v) is 2.41. The van der Waals surface area contributed by atoms with Gasteiger partial charge < -0.3 is 4.74 Å². The lowest BCUT2D eigenvalue weighted by atomic mass is 9.77. The van der Waals surface area contributed by atoms with Crippen LogP contribution in [-0.2, 0) is 0 Å². The van der Waals surface area contributed by atoms with Gasteiger partial charge in [0.25, 0.3) is 0 Å². The topological polar surface area (TPSA) is 50.8 Å². The van der Waals surface area contributed by atoms with Crippen LogP contribution in [0.3, 0.4) is 0 Å². The predicted molar refractivity (Wildman–Crippen MR) is 69.7 cm³/mol. The van der Waals surface area contributed by atoms with Gasteiger partial charge in [-0.25, -0.2) is 0 Å². The lowest BCUT2D eigenvalue weighted by molar-refractivity contribution is 0.382. The highest BCUT2D eigenvalue weighted by atomic mass is 16.5. The molecule has 0 aliphatic heterocycles. The highest BCUT2D eigenvalue weighted by molar-refractivity contribution is 5.62. The first-order valence-corrected chi connectivity index (χ1v) is 6.35.